The zero-order valence-electron chi connectivity index (χ0n) is 17.2. The van der Waals surface area contributed by atoms with Crippen LogP contribution in [0.4, 0.5) is 5.69 Å². The number of amides is 1. The van der Waals surface area contributed by atoms with Crippen LogP contribution in [0.15, 0.2) is 54.6 Å². The third kappa shape index (κ3) is 4.41. The molecule has 9 heteroatoms. The number of ether oxygens (including phenoxy) is 2. The van der Waals surface area contributed by atoms with E-state index in [-0.39, 0.29) is 23.2 Å². The zero-order valence-corrected chi connectivity index (χ0v) is 18.1. The molecule has 1 amide bonds. The molecular formula is C22H23N3O5S. The van der Waals surface area contributed by atoms with E-state index < -0.39 is 15.7 Å². The summed E-state index contributed by atoms with van der Waals surface area (Å²) in [7, 11) is -0.0508. The van der Waals surface area contributed by atoms with Crippen molar-refractivity contribution >= 4 is 21.4 Å². The molecule has 1 N–H and O–H groups in total. The van der Waals surface area contributed by atoms with Gasteiger partial charge in [-0.05, 0) is 30.2 Å². The number of aromatic nitrogens is 2. The Kier molecular flexibility index (Phi) is 5.69. The standard InChI is InChI=1S/C22H23N3O5S/c1-29-17-8-9-18(21(12-17)30-2)23-22(26)19-13-20(15-6-4-3-5-7-15)25(24-19)16-10-11-31(27,28)14-16/h3-9,12-13,16H,10-11,14H2,1-2H3,(H,23,26)/t16-/m1/s1. The first-order valence-electron chi connectivity index (χ1n) is 9.79. The Bertz CT molecular complexity index is 1210. The Hall–Kier alpha value is -3.33. The van der Waals surface area contributed by atoms with Crippen molar-refractivity contribution in [1.82, 2.24) is 9.78 Å². The van der Waals surface area contributed by atoms with Crippen molar-refractivity contribution in [2.24, 2.45) is 0 Å². The van der Waals surface area contributed by atoms with Gasteiger partial charge in [0.25, 0.3) is 5.91 Å². The summed E-state index contributed by atoms with van der Waals surface area (Å²) in [6.45, 7) is 0. The molecule has 0 bridgehead atoms. The lowest BCUT2D eigenvalue weighted by Gasteiger charge is -2.13. The van der Waals surface area contributed by atoms with Crippen LogP contribution in [0.2, 0.25) is 0 Å². The number of carbonyl (C=O) groups excluding carboxylic acids is 1. The number of rotatable bonds is 6. The molecule has 1 fully saturated rings. The largest absolute Gasteiger partial charge is 0.497 e. The van der Waals surface area contributed by atoms with Crippen LogP contribution in [-0.4, -0.2) is 49.8 Å². The molecule has 3 aromatic rings. The highest BCUT2D eigenvalue weighted by Crippen LogP contribution is 2.32. The third-order valence-electron chi connectivity index (χ3n) is 5.25. The molecule has 1 atom stereocenters. The molecule has 31 heavy (non-hydrogen) atoms. The van der Waals surface area contributed by atoms with Crippen LogP contribution in [0, 0.1) is 0 Å². The molecule has 0 radical (unpaired) electrons. The molecule has 8 nitrogen and oxygen atoms in total. The summed E-state index contributed by atoms with van der Waals surface area (Å²) in [4.78, 5) is 13.0. The summed E-state index contributed by atoms with van der Waals surface area (Å²) < 4.78 is 36.2. The maximum atomic E-state index is 13.0. The van der Waals surface area contributed by atoms with Gasteiger partial charge in [0, 0.05) is 6.07 Å². The van der Waals surface area contributed by atoms with E-state index in [1.165, 1.54) is 7.11 Å². The second-order valence-electron chi connectivity index (χ2n) is 7.30. The smallest absolute Gasteiger partial charge is 0.276 e. The predicted octanol–water partition coefficient (Wildman–Crippen LogP) is 3.18. The SMILES string of the molecule is COc1ccc(NC(=O)c2cc(-c3ccccc3)n([C@@H]3CCS(=O)(=O)C3)n2)c(OC)c1. The average Bonchev–Trinajstić information content (AvgIpc) is 3.38. The molecule has 162 valence electrons. The molecule has 4 rings (SSSR count). The van der Waals surface area contributed by atoms with Crippen LogP contribution >= 0.6 is 0 Å². The Labute approximate surface area is 180 Å². The molecular weight excluding hydrogens is 418 g/mol. The number of benzene rings is 2. The highest BCUT2D eigenvalue weighted by atomic mass is 32.2. The minimum atomic E-state index is -3.11. The molecule has 1 aliphatic rings. The maximum Gasteiger partial charge on any atom is 0.276 e. The van der Waals surface area contributed by atoms with E-state index >= 15 is 0 Å². The van der Waals surface area contributed by atoms with Crippen LogP contribution in [0.1, 0.15) is 23.0 Å². The minimum Gasteiger partial charge on any atom is -0.497 e. The van der Waals surface area contributed by atoms with Crippen molar-refractivity contribution in [3.63, 3.8) is 0 Å². The van der Waals surface area contributed by atoms with Gasteiger partial charge < -0.3 is 14.8 Å². The van der Waals surface area contributed by atoms with Crippen molar-refractivity contribution in [2.75, 3.05) is 31.0 Å². The number of carbonyl (C=O) groups is 1. The Morgan fingerprint density at radius 2 is 1.87 bits per heavy atom. The van der Waals surface area contributed by atoms with Gasteiger partial charge in [-0.25, -0.2) is 8.42 Å². The summed E-state index contributed by atoms with van der Waals surface area (Å²) >= 11 is 0. The van der Waals surface area contributed by atoms with Gasteiger partial charge in [-0.1, -0.05) is 30.3 Å². The number of hydrogen-bond donors (Lipinski definition) is 1. The Morgan fingerprint density at radius 1 is 1.10 bits per heavy atom. The van der Waals surface area contributed by atoms with Gasteiger partial charge in [-0.15, -0.1) is 0 Å². The van der Waals surface area contributed by atoms with Crippen LogP contribution in [0.5, 0.6) is 11.5 Å². The van der Waals surface area contributed by atoms with Gasteiger partial charge in [-0.3, -0.25) is 9.48 Å². The molecule has 2 heterocycles. The van der Waals surface area contributed by atoms with Crippen LogP contribution in [-0.2, 0) is 9.84 Å². The normalized spacial score (nSPS) is 17.3. The fourth-order valence-electron chi connectivity index (χ4n) is 3.66. The van der Waals surface area contributed by atoms with Crippen molar-refractivity contribution in [1.29, 1.82) is 0 Å². The Balaban J connectivity index is 1.68. The number of hydrogen-bond acceptors (Lipinski definition) is 6. The maximum absolute atomic E-state index is 13.0. The molecule has 1 aromatic heterocycles. The fourth-order valence-corrected chi connectivity index (χ4v) is 5.36. The van der Waals surface area contributed by atoms with Crippen molar-refractivity contribution < 1.29 is 22.7 Å². The first kappa shape index (κ1) is 20.9. The van der Waals surface area contributed by atoms with E-state index in [9.17, 15) is 13.2 Å². The lowest BCUT2D eigenvalue weighted by atomic mass is 10.1. The fraction of sp³-hybridized carbons (Fsp3) is 0.273. The second-order valence-corrected chi connectivity index (χ2v) is 9.53. The van der Waals surface area contributed by atoms with Crippen molar-refractivity contribution in [3.05, 3.63) is 60.3 Å². The monoisotopic (exact) mass is 441 g/mol. The number of nitrogens with zero attached hydrogens (tertiary/aromatic N) is 2. The van der Waals surface area contributed by atoms with Crippen LogP contribution in [0.25, 0.3) is 11.3 Å². The zero-order chi connectivity index (χ0) is 22.0. The van der Waals surface area contributed by atoms with Crippen LogP contribution < -0.4 is 14.8 Å². The molecule has 0 saturated carbocycles. The highest BCUT2D eigenvalue weighted by Gasteiger charge is 2.32. The van der Waals surface area contributed by atoms with Gasteiger partial charge in [-0.2, -0.15) is 5.10 Å². The van der Waals surface area contributed by atoms with Crippen molar-refractivity contribution in [3.8, 4) is 22.8 Å². The number of sulfone groups is 1. The number of anilines is 1. The van der Waals surface area contributed by atoms with E-state index in [1.807, 2.05) is 30.3 Å². The summed E-state index contributed by atoms with van der Waals surface area (Å²) in [6, 6.07) is 15.9. The van der Waals surface area contributed by atoms with Gasteiger partial charge in [0.1, 0.15) is 11.5 Å². The van der Waals surface area contributed by atoms with E-state index in [2.05, 4.69) is 10.4 Å². The predicted molar refractivity (Wildman–Crippen MR) is 117 cm³/mol. The molecule has 0 unspecified atom stereocenters. The summed E-state index contributed by atoms with van der Waals surface area (Å²) in [5.41, 5.74) is 2.24. The van der Waals surface area contributed by atoms with Gasteiger partial charge >= 0.3 is 0 Å². The summed E-state index contributed by atoms with van der Waals surface area (Å²) in [6.07, 6.45) is 0.469. The first-order valence-corrected chi connectivity index (χ1v) is 11.6. The molecule has 1 saturated heterocycles. The average molecular weight is 442 g/mol. The molecule has 1 aliphatic heterocycles. The summed E-state index contributed by atoms with van der Waals surface area (Å²) in [5.74, 6) is 0.781. The lowest BCUT2D eigenvalue weighted by Crippen LogP contribution is -2.17. The van der Waals surface area contributed by atoms with Gasteiger partial charge in [0.05, 0.1) is 43.1 Å². The summed E-state index contributed by atoms with van der Waals surface area (Å²) in [5, 5.41) is 7.31. The van der Waals surface area contributed by atoms with E-state index in [1.54, 1.807) is 36.1 Å². The second kappa shape index (κ2) is 8.43. The van der Waals surface area contributed by atoms with Crippen molar-refractivity contribution in [2.45, 2.75) is 12.5 Å². The van der Waals surface area contributed by atoms with Gasteiger partial charge in [0.2, 0.25) is 0 Å². The van der Waals surface area contributed by atoms with E-state index in [0.717, 1.165) is 5.56 Å². The Morgan fingerprint density at radius 3 is 2.52 bits per heavy atom. The van der Waals surface area contributed by atoms with E-state index in [0.29, 0.717) is 29.3 Å². The quantitative estimate of drug-likeness (QED) is 0.631. The number of nitrogens with one attached hydrogen (secondary N) is 1. The molecule has 0 aliphatic carbocycles. The minimum absolute atomic E-state index is 0.0157. The van der Waals surface area contributed by atoms with E-state index in [4.69, 9.17) is 9.47 Å². The highest BCUT2D eigenvalue weighted by molar-refractivity contribution is 7.91. The molecule has 2 aromatic carbocycles. The first-order chi connectivity index (χ1) is 14.9. The molecule has 0 spiro atoms. The van der Waals surface area contributed by atoms with Crippen LogP contribution in [0.3, 0.4) is 0 Å². The topological polar surface area (TPSA) is 99.5 Å². The lowest BCUT2D eigenvalue weighted by molar-refractivity contribution is 0.102. The van der Waals surface area contributed by atoms with Gasteiger partial charge in [0.15, 0.2) is 15.5 Å². The third-order valence-corrected chi connectivity index (χ3v) is 7.00. The number of methoxy groups -OCH3 is 2.